The number of nitrogens with zero attached hydrogens (tertiary/aromatic N) is 1. The van der Waals surface area contributed by atoms with Crippen LogP contribution < -0.4 is 5.73 Å². The number of hydrogen-bond donors (Lipinski definition) is 1. The van der Waals surface area contributed by atoms with Crippen LogP contribution in [-0.4, -0.2) is 43.2 Å². The second kappa shape index (κ2) is 5.19. The van der Waals surface area contributed by atoms with Gasteiger partial charge in [-0.15, -0.1) is 0 Å². The fourth-order valence-electron chi connectivity index (χ4n) is 1.39. The van der Waals surface area contributed by atoms with Crippen molar-refractivity contribution in [3.8, 4) is 0 Å². The third kappa shape index (κ3) is 3.74. The van der Waals surface area contributed by atoms with Gasteiger partial charge in [0.25, 0.3) is 0 Å². The van der Waals surface area contributed by atoms with E-state index in [1.807, 2.05) is 11.8 Å². The maximum absolute atomic E-state index is 11.2. The van der Waals surface area contributed by atoms with Gasteiger partial charge in [-0.25, -0.2) is 0 Å². The first kappa shape index (κ1) is 10.5. The molecule has 0 aromatic carbocycles. The molecule has 0 aromatic heterocycles. The highest BCUT2D eigenvalue weighted by atomic mass is 16.5. The van der Waals surface area contributed by atoms with Gasteiger partial charge in [0.15, 0.2) is 0 Å². The summed E-state index contributed by atoms with van der Waals surface area (Å²) >= 11 is 0. The van der Waals surface area contributed by atoms with Crippen LogP contribution in [0.3, 0.4) is 0 Å². The zero-order valence-electron chi connectivity index (χ0n) is 8.16. The Balaban J connectivity index is 2.15. The summed E-state index contributed by atoms with van der Waals surface area (Å²) in [6.07, 6.45) is 1.97. The van der Waals surface area contributed by atoms with Gasteiger partial charge in [-0.3, -0.25) is 4.79 Å². The van der Waals surface area contributed by atoms with Crippen molar-refractivity contribution in [1.29, 1.82) is 0 Å². The van der Waals surface area contributed by atoms with E-state index in [-0.39, 0.29) is 18.6 Å². The molecule has 0 saturated carbocycles. The van der Waals surface area contributed by atoms with Gasteiger partial charge in [0.05, 0.1) is 6.61 Å². The van der Waals surface area contributed by atoms with Crippen molar-refractivity contribution in [2.75, 3.05) is 26.3 Å². The van der Waals surface area contributed by atoms with E-state index in [2.05, 4.69) is 0 Å². The molecule has 13 heavy (non-hydrogen) atoms. The summed E-state index contributed by atoms with van der Waals surface area (Å²) < 4.78 is 5.02. The summed E-state index contributed by atoms with van der Waals surface area (Å²) in [5, 5.41) is 0. The Morgan fingerprint density at radius 3 is 3.08 bits per heavy atom. The van der Waals surface area contributed by atoms with Gasteiger partial charge in [0.2, 0.25) is 5.91 Å². The molecule has 1 saturated heterocycles. The predicted octanol–water partition coefficient (Wildman–Crippen LogP) is -0.0274. The van der Waals surface area contributed by atoms with E-state index in [0.717, 1.165) is 25.9 Å². The van der Waals surface area contributed by atoms with Gasteiger partial charge in [0, 0.05) is 19.1 Å². The molecule has 1 atom stereocenters. The van der Waals surface area contributed by atoms with Gasteiger partial charge in [-0.1, -0.05) is 0 Å². The number of carbonyl (C=O) groups is 1. The third-order valence-electron chi connectivity index (χ3n) is 2.17. The number of carbonyl (C=O) groups excluding carboxylic acids is 1. The molecule has 1 heterocycles. The Kier molecular flexibility index (Phi) is 4.18. The van der Waals surface area contributed by atoms with Crippen molar-refractivity contribution in [2.24, 2.45) is 5.73 Å². The van der Waals surface area contributed by atoms with Gasteiger partial charge < -0.3 is 15.4 Å². The summed E-state index contributed by atoms with van der Waals surface area (Å²) in [5.74, 6) is 0.107. The molecule has 76 valence electrons. The first-order chi connectivity index (χ1) is 6.20. The molecule has 4 nitrogen and oxygen atoms in total. The fourth-order valence-corrected chi connectivity index (χ4v) is 1.39. The van der Waals surface area contributed by atoms with Crippen LogP contribution in [0.15, 0.2) is 0 Å². The van der Waals surface area contributed by atoms with Gasteiger partial charge >= 0.3 is 0 Å². The van der Waals surface area contributed by atoms with Gasteiger partial charge in [-0.2, -0.15) is 0 Å². The largest absolute Gasteiger partial charge is 0.370 e. The lowest BCUT2D eigenvalue weighted by molar-refractivity contribution is -0.142. The molecule has 1 unspecified atom stereocenters. The topological polar surface area (TPSA) is 55.6 Å². The molecule has 0 bridgehead atoms. The SMILES string of the molecule is CC(N)CCCN1CCOCC1=O. The van der Waals surface area contributed by atoms with E-state index in [4.69, 9.17) is 10.5 Å². The number of morpholine rings is 1. The monoisotopic (exact) mass is 186 g/mol. The van der Waals surface area contributed by atoms with Crippen LogP contribution >= 0.6 is 0 Å². The molecule has 1 fully saturated rings. The number of nitrogens with two attached hydrogens (primary N) is 1. The molecule has 1 rings (SSSR count). The smallest absolute Gasteiger partial charge is 0.248 e. The fraction of sp³-hybridized carbons (Fsp3) is 0.889. The van der Waals surface area contributed by atoms with Crippen molar-refractivity contribution in [3.05, 3.63) is 0 Å². The highest BCUT2D eigenvalue weighted by Gasteiger charge is 2.17. The normalized spacial score (nSPS) is 20.5. The standard InChI is InChI=1S/C9H18N2O2/c1-8(10)3-2-4-11-5-6-13-7-9(11)12/h8H,2-7,10H2,1H3. The molecule has 0 aliphatic carbocycles. The van der Waals surface area contributed by atoms with Crippen molar-refractivity contribution < 1.29 is 9.53 Å². The van der Waals surface area contributed by atoms with Crippen LogP contribution in [0.4, 0.5) is 0 Å². The number of rotatable bonds is 4. The van der Waals surface area contributed by atoms with E-state index in [9.17, 15) is 4.79 Å². The second-order valence-corrected chi connectivity index (χ2v) is 3.55. The van der Waals surface area contributed by atoms with Crippen LogP contribution in [0.25, 0.3) is 0 Å². The van der Waals surface area contributed by atoms with Crippen molar-refractivity contribution in [1.82, 2.24) is 4.90 Å². The van der Waals surface area contributed by atoms with E-state index < -0.39 is 0 Å². The van der Waals surface area contributed by atoms with Crippen LogP contribution in [-0.2, 0) is 9.53 Å². The lowest BCUT2D eigenvalue weighted by atomic mass is 10.2. The minimum Gasteiger partial charge on any atom is -0.370 e. The molecule has 1 aliphatic heterocycles. The summed E-state index contributed by atoms with van der Waals surface area (Å²) in [6, 6.07) is 0.233. The molecular weight excluding hydrogens is 168 g/mol. The minimum atomic E-state index is 0.107. The van der Waals surface area contributed by atoms with Crippen LogP contribution in [0.2, 0.25) is 0 Å². The summed E-state index contributed by atoms with van der Waals surface area (Å²) in [7, 11) is 0. The highest BCUT2D eigenvalue weighted by Crippen LogP contribution is 2.02. The van der Waals surface area contributed by atoms with E-state index in [0.29, 0.717) is 6.61 Å². The van der Waals surface area contributed by atoms with Crippen LogP contribution in [0, 0.1) is 0 Å². The lowest BCUT2D eigenvalue weighted by Gasteiger charge is -2.26. The first-order valence-corrected chi connectivity index (χ1v) is 4.81. The Labute approximate surface area is 79.0 Å². The average Bonchev–Trinajstić information content (AvgIpc) is 2.08. The maximum Gasteiger partial charge on any atom is 0.248 e. The van der Waals surface area contributed by atoms with E-state index in [1.54, 1.807) is 0 Å². The molecule has 0 aromatic rings. The molecule has 1 aliphatic rings. The minimum absolute atomic E-state index is 0.107. The third-order valence-corrected chi connectivity index (χ3v) is 2.17. The molecular formula is C9H18N2O2. The van der Waals surface area contributed by atoms with Crippen LogP contribution in [0.5, 0.6) is 0 Å². The van der Waals surface area contributed by atoms with E-state index >= 15 is 0 Å². The van der Waals surface area contributed by atoms with Gasteiger partial charge in [0.1, 0.15) is 6.61 Å². The predicted molar refractivity (Wildman–Crippen MR) is 50.3 cm³/mol. The summed E-state index contributed by atoms with van der Waals surface area (Å²) in [4.78, 5) is 13.1. The second-order valence-electron chi connectivity index (χ2n) is 3.55. The Morgan fingerprint density at radius 1 is 1.69 bits per heavy atom. The zero-order valence-corrected chi connectivity index (χ0v) is 8.16. The van der Waals surface area contributed by atoms with Crippen LogP contribution in [0.1, 0.15) is 19.8 Å². The quantitative estimate of drug-likeness (QED) is 0.671. The molecule has 0 spiro atoms. The Morgan fingerprint density at radius 2 is 2.46 bits per heavy atom. The number of hydrogen-bond acceptors (Lipinski definition) is 3. The first-order valence-electron chi connectivity index (χ1n) is 4.81. The van der Waals surface area contributed by atoms with Gasteiger partial charge in [-0.05, 0) is 19.8 Å². The lowest BCUT2D eigenvalue weighted by Crippen LogP contribution is -2.42. The maximum atomic E-state index is 11.2. The Bertz CT molecular complexity index is 171. The Hall–Kier alpha value is -0.610. The zero-order chi connectivity index (χ0) is 9.68. The average molecular weight is 186 g/mol. The number of amides is 1. The van der Waals surface area contributed by atoms with Crippen molar-refractivity contribution in [3.63, 3.8) is 0 Å². The van der Waals surface area contributed by atoms with Crippen molar-refractivity contribution >= 4 is 5.91 Å². The molecule has 4 heteroatoms. The van der Waals surface area contributed by atoms with Crippen molar-refractivity contribution in [2.45, 2.75) is 25.8 Å². The molecule has 2 N–H and O–H groups in total. The molecule has 1 amide bonds. The molecule has 0 radical (unpaired) electrons. The summed E-state index contributed by atoms with van der Waals surface area (Å²) in [5.41, 5.74) is 5.61. The highest BCUT2D eigenvalue weighted by molar-refractivity contribution is 5.77. The van der Waals surface area contributed by atoms with E-state index in [1.165, 1.54) is 0 Å². The number of ether oxygens (including phenoxy) is 1. The summed E-state index contributed by atoms with van der Waals surface area (Å²) in [6.45, 7) is 4.46.